The van der Waals surface area contributed by atoms with Crippen molar-refractivity contribution in [2.24, 2.45) is 0 Å². The highest BCUT2D eigenvalue weighted by molar-refractivity contribution is 7.89. The van der Waals surface area contributed by atoms with E-state index >= 15 is 0 Å². The van der Waals surface area contributed by atoms with Crippen molar-refractivity contribution in [3.8, 4) is 5.75 Å². The molecule has 1 amide bonds. The van der Waals surface area contributed by atoms with E-state index in [1.807, 2.05) is 30.3 Å². The Bertz CT molecular complexity index is 805. The van der Waals surface area contributed by atoms with Crippen LogP contribution >= 0.6 is 0 Å². The smallest absolute Gasteiger partial charge is 0.260 e. The minimum atomic E-state index is -3.66. The Hall–Kier alpha value is -2.38. The van der Waals surface area contributed by atoms with Crippen LogP contribution in [0.4, 0.5) is 0 Å². The van der Waals surface area contributed by atoms with Gasteiger partial charge in [-0.1, -0.05) is 30.3 Å². The number of carbonyl (C=O) groups excluding carboxylic acids is 1. The van der Waals surface area contributed by atoms with E-state index in [1.54, 1.807) is 13.8 Å². The second kappa shape index (κ2) is 8.13. The molecule has 134 valence electrons. The fraction of sp³-hybridized carbons (Fsp3) is 0.278. The van der Waals surface area contributed by atoms with E-state index in [0.717, 1.165) is 5.56 Å². The quantitative estimate of drug-likeness (QED) is 0.791. The largest absolute Gasteiger partial charge is 0.481 e. The second-order valence-electron chi connectivity index (χ2n) is 5.60. The fourth-order valence-corrected chi connectivity index (χ4v) is 3.50. The molecule has 7 heteroatoms. The first-order chi connectivity index (χ1) is 11.8. The summed E-state index contributed by atoms with van der Waals surface area (Å²) in [7, 11) is -2.13. The molecule has 0 saturated carbocycles. The van der Waals surface area contributed by atoms with Crippen LogP contribution in [0.1, 0.15) is 25.5 Å². The van der Waals surface area contributed by atoms with Crippen LogP contribution in [0.3, 0.4) is 0 Å². The van der Waals surface area contributed by atoms with Gasteiger partial charge in [-0.05, 0) is 43.7 Å². The summed E-state index contributed by atoms with van der Waals surface area (Å²) in [6.07, 6.45) is -0.663. The Morgan fingerprint density at radius 2 is 1.60 bits per heavy atom. The SMILES string of the molecule is CNC(=O)[C@@H](C)Oc1ccc(S(=O)(=O)N[C@H](C)c2ccccc2)cc1. The van der Waals surface area contributed by atoms with E-state index < -0.39 is 16.1 Å². The molecule has 0 aliphatic carbocycles. The maximum absolute atomic E-state index is 12.5. The minimum Gasteiger partial charge on any atom is -0.481 e. The van der Waals surface area contributed by atoms with Crippen LogP contribution in [-0.4, -0.2) is 27.5 Å². The molecule has 0 heterocycles. The summed E-state index contributed by atoms with van der Waals surface area (Å²) < 4.78 is 33.1. The Balaban J connectivity index is 2.08. The number of benzene rings is 2. The first kappa shape index (κ1) is 19.0. The van der Waals surface area contributed by atoms with Crippen molar-refractivity contribution in [1.82, 2.24) is 10.0 Å². The van der Waals surface area contributed by atoms with Crippen LogP contribution in [0, 0.1) is 0 Å². The van der Waals surface area contributed by atoms with Crippen molar-refractivity contribution in [1.29, 1.82) is 0 Å². The molecule has 0 bridgehead atoms. The van der Waals surface area contributed by atoms with Crippen LogP contribution in [0.25, 0.3) is 0 Å². The van der Waals surface area contributed by atoms with Gasteiger partial charge >= 0.3 is 0 Å². The molecule has 25 heavy (non-hydrogen) atoms. The van der Waals surface area contributed by atoms with Gasteiger partial charge in [0.05, 0.1) is 4.90 Å². The summed E-state index contributed by atoms with van der Waals surface area (Å²) in [5, 5.41) is 2.49. The summed E-state index contributed by atoms with van der Waals surface area (Å²) in [6.45, 7) is 3.40. The standard InChI is InChI=1S/C18H22N2O4S/c1-13(15-7-5-4-6-8-15)20-25(22,23)17-11-9-16(10-12-17)24-14(2)18(21)19-3/h4-14,20H,1-3H3,(H,19,21)/t13-,14-/m1/s1. The third-order valence-electron chi connectivity index (χ3n) is 3.69. The van der Waals surface area contributed by atoms with Crippen molar-refractivity contribution in [3.63, 3.8) is 0 Å². The highest BCUT2D eigenvalue weighted by Crippen LogP contribution is 2.20. The molecule has 0 aromatic heterocycles. The molecule has 2 atom stereocenters. The number of amides is 1. The van der Waals surface area contributed by atoms with Crippen molar-refractivity contribution in [3.05, 3.63) is 60.2 Å². The third-order valence-corrected chi connectivity index (χ3v) is 5.25. The topological polar surface area (TPSA) is 84.5 Å². The Morgan fingerprint density at radius 1 is 1.00 bits per heavy atom. The molecule has 0 unspecified atom stereocenters. The van der Waals surface area contributed by atoms with E-state index in [-0.39, 0.29) is 16.8 Å². The zero-order valence-electron chi connectivity index (χ0n) is 14.4. The van der Waals surface area contributed by atoms with Crippen molar-refractivity contribution in [2.75, 3.05) is 7.05 Å². The van der Waals surface area contributed by atoms with Crippen LogP contribution in [0.5, 0.6) is 5.75 Å². The van der Waals surface area contributed by atoms with E-state index in [2.05, 4.69) is 10.0 Å². The molecule has 6 nitrogen and oxygen atoms in total. The van der Waals surface area contributed by atoms with E-state index in [4.69, 9.17) is 4.74 Å². The Morgan fingerprint density at radius 3 is 2.16 bits per heavy atom. The van der Waals surface area contributed by atoms with Crippen molar-refractivity contribution < 1.29 is 17.9 Å². The van der Waals surface area contributed by atoms with Gasteiger partial charge in [0.1, 0.15) is 5.75 Å². The van der Waals surface area contributed by atoms with Crippen LogP contribution in [-0.2, 0) is 14.8 Å². The molecular weight excluding hydrogens is 340 g/mol. The van der Waals surface area contributed by atoms with E-state index in [0.29, 0.717) is 5.75 Å². The summed E-state index contributed by atoms with van der Waals surface area (Å²) in [5.41, 5.74) is 0.880. The molecule has 0 fully saturated rings. The van der Waals surface area contributed by atoms with Gasteiger partial charge in [0.25, 0.3) is 5.91 Å². The van der Waals surface area contributed by atoms with Crippen molar-refractivity contribution >= 4 is 15.9 Å². The number of sulfonamides is 1. The molecule has 2 aromatic carbocycles. The predicted molar refractivity (Wildman–Crippen MR) is 95.8 cm³/mol. The first-order valence-electron chi connectivity index (χ1n) is 7.89. The molecule has 0 aliphatic rings. The molecule has 0 radical (unpaired) electrons. The Labute approximate surface area is 148 Å². The van der Waals surface area contributed by atoms with Crippen LogP contribution in [0.15, 0.2) is 59.5 Å². The minimum absolute atomic E-state index is 0.134. The van der Waals surface area contributed by atoms with Gasteiger partial charge in [0.2, 0.25) is 10.0 Å². The van der Waals surface area contributed by atoms with Gasteiger partial charge in [-0.25, -0.2) is 13.1 Å². The van der Waals surface area contributed by atoms with Crippen LogP contribution in [0.2, 0.25) is 0 Å². The average Bonchev–Trinajstić information content (AvgIpc) is 2.61. The zero-order valence-corrected chi connectivity index (χ0v) is 15.2. The molecule has 2 rings (SSSR count). The number of hydrogen-bond acceptors (Lipinski definition) is 4. The number of likely N-dealkylation sites (N-methyl/N-ethyl adjacent to an activating group) is 1. The summed E-state index contributed by atoms with van der Waals surface area (Å²) in [5.74, 6) is 0.168. The monoisotopic (exact) mass is 362 g/mol. The lowest BCUT2D eigenvalue weighted by Crippen LogP contribution is -2.33. The van der Waals surface area contributed by atoms with Gasteiger partial charge in [-0.3, -0.25) is 4.79 Å². The maximum Gasteiger partial charge on any atom is 0.260 e. The molecule has 2 N–H and O–H groups in total. The van der Waals surface area contributed by atoms with Gasteiger partial charge in [0, 0.05) is 13.1 Å². The number of carbonyl (C=O) groups is 1. The molecule has 0 aliphatic heterocycles. The lowest BCUT2D eigenvalue weighted by Gasteiger charge is -2.16. The number of nitrogens with one attached hydrogen (secondary N) is 2. The van der Waals surface area contributed by atoms with Crippen LogP contribution < -0.4 is 14.8 Å². The van der Waals surface area contributed by atoms with Gasteiger partial charge in [0.15, 0.2) is 6.10 Å². The second-order valence-corrected chi connectivity index (χ2v) is 7.31. The van der Waals surface area contributed by atoms with Gasteiger partial charge in [-0.15, -0.1) is 0 Å². The predicted octanol–water partition coefficient (Wildman–Crippen LogP) is 2.24. The summed E-state index contributed by atoms with van der Waals surface area (Å²) in [6, 6.07) is 14.9. The van der Waals surface area contributed by atoms with Gasteiger partial charge < -0.3 is 10.1 Å². The first-order valence-corrected chi connectivity index (χ1v) is 9.37. The van der Waals surface area contributed by atoms with E-state index in [9.17, 15) is 13.2 Å². The summed E-state index contributed by atoms with van der Waals surface area (Å²) >= 11 is 0. The fourth-order valence-electron chi connectivity index (χ4n) is 2.27. The molecule has 0 spiro atoms. The maximum atomic E-state index is 12.5. The molecule has 0 saturated heterocycles. The van der Waals surface area contributed by atoms with Crippen molar-refractivity contribution in [2.45, 2.75) is 30.9 Å². The number of ether oxygens (including phenoxy) is 1. The third kappa shape index (κ3) is 5.04. The molecule has 2 aromatic rings. The lowest BCUT2D eigenvalue weighted by atomic mass is 10.1. The number of rotatable bonds is 7. The number of hydrogen-bond donors (Lipinski definition) is 2. The molecular formula is C18H22N2O4S. The highest BCUT2D eigenvalue weighted by atomic mass is 32.2. The normalized spacial score (nSPS) is 13.7. The Kier molecular flexibility index (Phi) is 6.17. The lowest BCUT2D eigenvalue weighted by molar-refractivity contribution is -0.126. The highest BCUT2D eigenvalue weighted by Gasteiger charge is 2.19. The van der Waals surface area contributed by atoms with Gasteiger partial charge in [-0.2, -0.15) is 0 Å². The zero-order chi connectivity index (χ0) is 18.4. The van der Waals surface area contributed by atoms with E-state index in [1.165, 1.54) is 31.3 Å². The average molecular weight is 362 g/mol. The summed E-state index contributed by atoms with van der Waals surface area (Å²) in [4.78, 5) is 11.6.